The summed E-state index contributed by atoms with van der Waals surface area (Å²) in [5.74, 6) is 0. The molecule has 0 aromatic carbocycles. The Labute approximate surface area is 60.2 Å². The Bertz CT molecular complexity index is 58.5. The molecular formula is C3H11N3S2. The summed E-state index contributed by atoms with van der Waals surface area (Å²) in [6.45, 7) is 0. The van der Waals surface area contributed by atoms with Gasteiger partial charge >= 0.3 is 0 Å². The van der Waals surface area contributed by atoms with Gasteiger partial charge in [0.05, 0.1) is 0 Å². The molecule has 0 aliphatic rings. The van der Waals surface area contributed by atoms with Crippen molar-refractivity contribution >= 4 is 24.9 Å². The first-order chi connectivity index (χ1) is 3.68. The highest BCUT2D eigenvalue weighted by atomic mass is 32.2. The van der Waals surface area contributed by atoms with Crippen LogP contribution in [0.5, 0.6) is 0 Å². The molecule has 8 heavy (non-hydrogen) atoms. The summed E-state index contributed by atoms with van der Waals surface area (Å²) in [7, 11) is 5.63. The van der Waals surface area contributed by atoms with Gasteiger partial charge in [-0.1, -0.05) is 12.8 Å². The minimum absolute atomic E-state index is 1.47. The van der Waals surface area contributed by atoms with E-state index in [9.17, 15) is 0 Å². The predicted molar refractivity (Wildman–Crippen MR) is 41.2 cm³/mol. The summed E-state index contributed by atoms with van der Waals surface area (Å²) in [5.41, 5.74) is 0. The van der Waals surface area contributed by atoms with Crippen molar-refractivity contribution in [2.24, 2.45) is 0 Å². The molecule has 0 radical (unpaired) electrons. The second-order valence-electron chi connectivity index (χ2n) is 1.25. The Hall–Kier alpha value is 0.580. The lowest BCUT2D eigenvalue weighted by Gasteiger charge is -2.19. The lowest BCUT2D eigenvalue weighted by atomic mass is 11.4. The highest BCUT2D eigenvalue weighted by Gasteiger charge is 1.97. The van der Waals surface area contributed by atoms with Gasteiger partial charge in [0, 0.05) is 26.2 Å². The van der Waals surface area contributed by atoms with Crippen LogP contribution in [0.25, 0.3) is 0 Å². The summed E-state index contributed by atoms with van der Waals surface area (Å²) < 4.78 is 6.43. The van der Waals surface area contributed by atoms with Crippen molar-refractivity contribution in [3.63, 3.8) is 0 Å². The maximum Gasteiger partial charge on any atom is 0.0218 e. The molecule has 0 amide bonds. The van der Waals surface area contributed by atoms with Crippen molar-refractivity contribution in [3.8, 4) is 0 Å². The number of hydrazine groups is 1. The molecule has 0 unspecified atom stereocenters. The zero-order chi connectivity index (χ0) is 6.57. The fourth-order valence-electron chi connectivity index (χ4n) is 0.191. The third kappa shape index (κ3) is 3.57. The van der Waals surface area contributed by atoms with Crippen molar-refractivity contribution in [3.05, 3.63) is 0 Å². The van der Waals surface area contributed by atoms with Crippen LogP contribution in [-0.2, 0) is 0 Å². The van der Waals surface area contributed by atoms with E-state index in [1.165, 1.54) is 12.1 Å². The van der Waals surface area contributed by atoms with Gasteiger partial charge in [-0.3, -0.25) is 4.72 Å². The lowest BCUT2D eigenvalue weighted by molar-refractivity contribution is 0.290. The van der Waals surface area contributed by atoms with Gasteiger partial charge in [-0.25, -0.2) is 0 Å². The zero-order valence-electron chi connectivity index (χ0n) is 5.25. The van der Waals surface area contributed by atoms with E-state index in [0.29, 0.717) is 0 Å². The van der Waals surface area contributed by atoms with E-state index in [1.807, 2.05) is 25.6 Å². The second kappa shape index (κ2) is 4.46. The van der Waals surface area contributed by atoms with Crippen LogP contribution >= 0.6 is 24.9 Å². The fourth-order valence-corrected chi connectivity index (χ4v) is 0.683. The Balaban J connectivity index is 3.17. The molecule has 0 atom stereocenters. The molecule has 5 heteroatoms. The molecule has 0 aliphatic carbocycles. The first kappa shape index (κ1) is 8.58. The van der Waals surface area contributed by atoms with Gasteiger partial charge in [-0.2, -0.15) is 8.83 Å². The Kier molecular flexibility index (Phi) is 4.78. The van der Waals surface area contributed by atoms with E-state index in [1.54, 1.807) is 4.41 Å². The van der Waals surface area contributed by atoms with E-state index in [2.05, 4.69) is 17.5 Å². The topological polar surface area (TPSA) is 18.5 Å². The maximum absolute atomic E-state index is 4.03. The number of nitrogens with one attached hydrogen (secondary N) is 1. The average molecular weight is 153 g/mol. The van der Waals surface area contributed by atoms with Gasteiger partial charge in [0.15, 0.2) is 0 Å². The SMILES string of the molecule is CNSN(C)N(C)S. The van der Waals surface area contributed by atoms with E-state index < -0.39 is 0 Å². The van der Waals surface area contributed by atoms with Crippen LogP contribution in [0, 0.1) is 0 Å². The summed E-state index contributed by atoms with van der Waals surface area (Å²) >= 11 is 5.50. The molecule has 3 nitrogen and oxygen atoms in total. The molecule has 0 rings (SSSR count). The minimum Gasteiger partial charge on any atom is -0.253 e. The van der Waals surface area contributed by atoms with Crippen LogP contribution in [-0.4, -0.2) is 30.0 Å². The normalized spacial score (nSPS) is 11.2. The highest BCUT2D eigenvalue weighted by Crippen LogP contribution is 2.04. The number of rotatable bonds is 3. The molecule has 0 bridgehead atoms. The summed E-state index contributed by atoms with van der Waals surface area (Å²) in [5, 5.41) is 0. The van der Waals surface area contributed by atoms with E-state index in [4.69, 9.17) is 0 Å². The zero-order valence-corrected chi connectivity index (χ0v) is 6.96. The summed E-state index contributed by atoms with van der Waals surface area (Å²) in [6, 6.07) is 0. The van der Waals surface area contributed by atoms with Crippen LogP contribution in [0.1, 0.15) is 0 Å². The molecule has 0 aromatic heterocycles. The minimum atomic E-state index is 1.47. The number of hydrogen-bond acceptors (Lipinski definition) is 5. The van der Waals surface area contributed by atoms with Crippen molar-refractivity contribution in [1.82, 2.24) is 13.6 Å². The average Bonchev–Trinajstić information content (AvgIpc) is 1.67. The maximum atomic E-state index is 4.03. The second-order valence-corrected chi connectivity index (χ2v) is 2.95. The van der Waals surface area contributed by atoms with Gasteiger partial charge < -0.3 is 0 Å². The Morgan fingerprint density at radius 1 is 1.50 bits per heavy atom. The standard InChI is InChI=1S/C3H11N3S2/c1-4-8-6(3)5(2)7/h4,7H,1-3H3. The van der Waals surface area contributed by atoms with Gasteiger partial charge in [0.1, 0.15) is 0 Å². The molecule has 0 aromatic rings. The first-order valence-electron chi connectivity index (χ1n) is 2.18. The number of thiol groups is 1. The van der Waals surface area contributed by atoms with Crippen LogP contribution in [0.2, 0.25) is 0 Å². The van der Waals surface area contributed by atoms with Gasteiger partial charge in [0.25, 0.3) is 0 Å². The quantitative estimate of drug-likeness (QED) is 0.347. The smallest absolute Gasteiger partial charge is 0.0218 e. The van der Waals surface area contributed by atoms with E-state index in [0.717, 1.165) is 0 Å². The van der Waals surface area contributed by atoms with Crippen molar-refractivity contribution < 1.29 is 0 Å². The molecule has 0 saturated heterocycles. The van der Waals surface area contributed by atoms with Crippen LogP contribution in [0.15, 0.2) is 0 Å². The molecule has 1 N–H and O–H groups in total. The molecule has 0 spiro atoms. The van der Waals surface area contributed by atoms with Gasteiger partial charge in [0.2, 0.25) is 0 Å². The van der Waals surface area contributed by atoms with Crippen molar-refractivity contribution in [2.45, 2.75) is 0 Å². The van der Waals surface area contributed by atoms with Crippen molar-refractivity contribution in [2.75, 3.05) is 21.1 Å². The summed E-state index contributed by atoms with van der Waals surface area (Å²) in [4.78, 5) is 0. The molecule has 0 saturated carbocycles. The monoisotopic (exact) mass is 153 g/mol. The molecule has 0 fully saturated rings. The Morgan fingerprint density at radius 3 is 2.12 bits per heavy atom. The van der Waals surface area contributed by atoms with E-state index >= 15 is 0 Å². The Morgan fingerprint density at radius 2 is 2.00 bits per heavy atom. The predicted octanol–water partition coefficient (Wildman–Crippen LogP) is 0.392. The van der Waals surface area contributed by atoms with E-state index in [-0.39, 0.29) is 0 Å². The molecular weight excluding hydrogens is 142 g/mol. The highest BCUT2D eigenvalue weighted by molar-refractivity contribution is 7.95. The van der Waals surface area contributed by atoms with Crippen LogP contribution in [0.3, 0.4) is 0 Å². The largest absolute Gasteiger partial charge is 0.253 e. The lowest BCUT2D eigenvalue weighted by Crippen LogP contribution is -2.24. The molecule has 0 heterocycles. The van der Waals surface area contributed by atoms with Gasteiger partial charge in [-0.05, 0) is 7.05 Å². The summed E-state index contributed by atoms with van der Waals surface area (Å²) in [6.07, 6.45) is 0. The van der Waals surface area contributed by atoms with Crippen molar-refractivity contribution in [1.29, 1.82) is 0 Å². The molecule has 0 aliphatic heterocycles. The third-order valence-corrected chi connectivity index (χ3v) is 1.71. The third-order valence-electron chi connectivity index (χ3n) is 0.631. The first-order valence-corrected chi connectivity index (χ1v) is 3.35. The fraction of sp³-hybridized carbons (Fsp3) is 1.00. The van der Waals surface area contributed by atoms with Crippen LogP contribution < -0.4 is 4.72 Å². The molecule has 50 valence electrons. The number of hydrogen-bond donors (Lipinski definition) is 2. The van der Waals surface area contributed by atoms with Crippen LogP contribution in [0.4, 0.5) is 0 Å². The van der Waals surface area contributed by atoms with Gasteiger partial charge in [-0.15, -0.1) is 0 Å². The number of nitrogens with zero attached hydrogens (tertiary/aromatic N) is 2.